The zero-order chi connectivity index (χ0) is 14.7. The maximum atomic E-state index is 11.6. The highest BCUT2D eigenvalue weighted by atomic mass is 16.6. The second-order valence-corrected chi connectivity index (χ2v) is 4.80. The molecule has 1 unspecified atom stereocenters. The average molecular weight is 278 g/mol. The zero-order valence-corrected chi connectivity index (χ0v) is 11.5. The molecular weight excluding hydrogens is 260 g/mol. The van der Waals surface area contributed by atoms with Gasteiger partial charge in [-0.3, -0.25) is 19.8 Å². The van der Waals surface area contributed by atoms with Gasteiger partial charge in [-0.1, -0.05) is 6.07 Å². The second kappa shape index (κ2) is 5.87. The molecule has 1 heterocycles. The SMILES string of the molecule is CNc1cc(CN2CCNC(=O)C2C)ccc1[N+](=O)[O-]. The number of nitrogens with one attached hydrogen (secondary N) is 2. The average Bonchev–Trinajstić information content (AvgIpc) is 2.43. The summed E-state index contributed by atoms with van der Waals surface area (Å²) in [7, 11) is 1.66. The Labute approximate surface area is 117 Å². The van der Waals surface area contributed by atoms with E-state index in [2.05, 4.69) is 15.5 Å². The first-order chi connectivity index (χ1) is 9.52. The van der Waals surface area contributed by atoms with Crippen LogP contribution in [0.2, 0.25) is 0 Å². The summed E-state index contributed by atoms with van der Waals surface area (Å²) in [5, 5.41) is 16.5. The third kappa shape index (κ3) is 2.88. The molecule has 1 aliphatic heterocycles. The molecule has 108 valence electrons. The van der Waals surface area contributed by atoms with E-state index in [-0.39, 0.29) is 17.6 Å². The van der Waals surface area contributed by atoms with Crippen LogP contribution in [0.4, 0.5) is 11.4 Å². The molecule has 7 nitrogen and oxygen atoms in total. The first-order valence-electron chi connectivity index (χ1n) is 6.49. The van der Waals surface area contributed by atoms with E-state index in [1.165, 1.54) is 6.07 Å². The molecule has 1 atom stereocenters. The van der Waals surface area contributed by atoms with Gasteiger partial charge in [-0.15, -0.1) is 0 Å². The molecule has 0 spiro atoms. The summed E-state index contributed by atoms with van der Waals surface area (Å²) < 4.78 is 0. The number of anilines is 1. The van der Waals surface area contributed by atoms with Crippen LogP contribution in [0.25, 0.3) is 0 Å². The normalized spacial score (nSPS) is 19.5. The van der Waals surface area contributed by atoms with Gasteiger partial charge in [0, 0.05) is 32.7 Å². The number of hydrogen-bond acceptors (Lipinski definition) is 5. The molecule has 0 aliphatic carbocycles. The lowest BCUT2D eigenvalue weighted by Gasteiger charge is -2.32. The smallest absolute Gasteiger partial charge is 0.292 e. The lowest BCUT2D eigenvalue weighted by atomic mass is 10.1. The van der Waals surface area contributed by atoms with E-state index < -0.39 is 4.92 Å². The van der Waals surface area contributed by atoms with Crippen molar-refractivity contribution in [2.75, 3.05) is 25.5 Å². The molecule has 0 saturated carbocycles. The largest absolute Gasteiger partial charge is 0.383 e. The molecule has 0 radical (unpaired) electrons. The summed E-state index contributed by atoms with van der Waals surface area (Å²) in [6.07, 6.45) is 0. The fraction of sp³-hybridized carbons (Fsp3) is 0.462. The monoisotopic (exact) mass is 278 g/mol. The molecule has 7 heteroatoms. The summed E-state index contributed by atoms with van der Waals surface area (Å²) in [6.45, 7) is 3.87. The molecule has 1 saturated heterocycles. The van der Waals surface area contributed by atoms with Gasteiger partial charge in [0.2, 0.25) is 5.91 Å². The first-order valence-corrected chi connectivity index (χ1v) is 6.49. The maximum absolute atomic E-state index is 11.6. The number of benzene rings is 1. The third-order valence-corrected chi connectivity index (χ3v) is 3.54. The van der Waals surface area contributed by atoms with Gasteiger partial charge < -0.3 is 10.6 Å². The van der Waals surface area contributed by atoms with Crippen LogP contribution < -0.4 is 10.6 Å². The fourth-order valence-electron chi connectivity index (χ4n) is 2.32. The summed E-state index contributed by atoms with van der Waals surface area (Å²) in [5.41, 5.74) is 1.49. The van der Waals surface area contributed by atoms with Gasteiger partial charge in [0.25, 0.3) is 5.69 Å². The lowest BCUT2D eigenvalue weighted by Crippen LogP contribution is -2.53. The lowest BCUT2D eigenvalue weighted by molar-refractivity contribution is -0.384. The Bertz CT molecular complexity index is 532. The molecule has 0 bridgehead atoms. The third-order valence-electron chi connectivity index (χ3n) is 3.54. The van der Waals surface area contributed by atoms with Gasteiger partial charge in [-0.2, -0.15) is 0 Å². The molecule has 1 aliphatic rings. The van der Waals surface area contributed by atoms with Crippen LogP contribution in [0.3, 0.4) is 0 Å². The predicted molar refractivity (Wildman–Crippen MR) is 75.5 cm³/mol. The maximum Gasteiger partial charge on any atom is 0.292 e. The molecule has 1 fully saturated rings. The standard InChI is InChI=1S/C13H18N4O3/c1-9-13(18)15-5-6-16(9)8-10-3-4-12(17(19)20)11(7-10)14-2/h3-4,7,9,14H,5-6,8H2,1-2H3,(H,15,18). The van der Waals surface area contributed by atoms with Gasteiger partial charge in [-0.05, 0) is 18.6 Å². The highest BCUT2D eigenvalue weighted by molar-refractivity contribution is 5.82. The Morgan fingerprint density at radius 1 is 1.55 bits per heavy atom. The Kier molecular flexibility index (Phi) is 4.19. The van der Waals surface area contributed by atoms with Gasteiger partial charge >= 0.3 is 0 Å². The van der Waals surface area contributed by atoms with Crippen molar-refractivity contribution >= 4 is 17.3 Å². The second-order valence-electron chi connectivity index (χ2n) is 4.80. The highest BCUT2D eigenvalue weighted by Crippen LogP contribution is 2.25. The van der Waals surface area contributed by atoms with Crippen LogP contribution in [0.15, 0.2) is 18.2 Å². The van der Waals surface area contributed by atoms with Crippen LogP contribution in [-0.2, 0) is 11.3 Å². The number of carbonyl (C=O) groups is 1. The van der Waals surface area contributed by atoms with E-state index in [1.807, 2.05) is 6.92 Å². The van der Waals surface area contributed by atoms with Gasteiger partial charge in [0.15, 0.2) is 0 Å². The Morgan fingerprint density at radius 3 is 2.95 bits per heavy atom. The van der Waals surface area contributed by atoms with Crippen molar-refractivity contribution in [2.24, 2.45) is 0 Å². The molecule has 1 amide bonds. The highest BCUT2D eigenvalue weighted by Gasteiger charge is 2.25. The molecular formula is C13H18N4O3. The topological polar surface area (TPSA) is 87.5 Å². The van der Waals surface area contributed by atoms with Crippen molar-refractivity contribution in [1.29, 1.82) is 0 Å². The van der Waals surface area contributed by atoms with Gasteiger partial charge in [0.1, 0.15) is 5.69 Å². The minimum Gasteiger partial charge on any atom is -0.383 e. The molecule has 2 rings (SSSR count). The van der Waals surface area contributed by atoms with Crippen LogP contribution in [0.1, 0.15) is 12.5 Å². The summed E-state index contributed by atoms with van der Waals surface area (Å²) in [5.74, 6) is 0.0204. The Balaban J connectivity index is 2.17. The number of nitrogens with zero attached hydrogens (tertiary/aromatic N) is 2. The number of hydrogen-bond donors (Lipinski definition) is 2. The number of nitro benzene ring substituents is 1. The van der Waals surface area contributed by atoms with Crippen molar-refractivity contribution in [3.05, 3.63) is 33.9 Å². The molecule has 2 N–H and O–H groups in total. The first kappa shape index (κ1) is 14.3. The number of carbonyl (C=O) groups excluding carboxylic acids is 1. The van der Waals surface area contributed by atoms with E-state index in [0.717, 1.165) is 12.1 Å². The van der Waals surface area contributed by atoms with Crippen LogP contribution in [-0.4, -0.2) is 41.9 Å². The minimum absolute atomic E-state index is 0.0204. The van der Waals surface area contributed by atoms with Crippen molar-refractivity contribution in [3.63, 3.8) is 0 Å². The van der Waals surface area contributed by atoms with Crippen molar-refractivity contribution in [2.45, 2.75) is 19.5 Å². The van der Waals surface area contributed by atoms with Gasteiger partial charge in [0.05, 0.1) is 11.0 Å². The zero-order valence-electron chi connectivity index (χ0n) is 11.5. The molecule has 1 aromatic carbocycles. The number of rotatable bonds is 4. The van der Waals surface area contributed by atoms with E-state index in [1.54, 1.807) is 19.2 Å². The van der Waals surface area contributed by atoms with Gasteiger partial charge in [-0.25, -0.2) is 0 Å². The number of amides is 1. The van der Waals surface area contributed by atoms with E-state index in [9.17, 15) is 14.9 Å². The van der Waals surface area contributed by atoms with Crippen molar-refractivity contribution < 1.29 is 9.72 Å². The number of piperazine rings is 1. The molecule has 1 aromatic rings. The molecule has 0 aromatic heterocycles. The van der Waals surface area contributed by atoms with E-state index >= 15 is 0 Å². The molecule has 20 heavy (non-hydrogen) atoms. The van der Waals surface area contributed by atoms with Crippen LogP contribution in [0, 0.1) is 10.1 Å². The minimum atomic E-state index is -0.410. The summed E-state index contributed by atoms with van der Waals surface area (Å²) in [6, 6.07) is 4.81. The fourth-order valence-corrected chi connectivity index (χ4v) is 2.32. The predicted octanol–water partition coefficient (Wildman–Crippen LogP) is 0.957. The van der Waals surface area contributed by atoms with Crippen LogP contribution in [0.5, 0.6) is 0 Å². The van der Waals surface area contributed by atoms with Crippen molar-refractivity contribution in [1.82, 2.24) is 10.2 Å². The van der Waals surface area contributed by atoms with E-state index in [4.69, 9.17) is 0 Å². The van der Waals surface area contributed by atoms with Crippen molar-refractivity contribution in [3.8, 4) is 0 Å². The van der Waals surface area contributed by atoms with E-state index in [0.29, 0.717) is 18.8 Å². The summed E-state index contributed by atoms with van der Waals surface area (Å²) >= 11 is 0. The number of nitro groups is 1. The Hall–Kier alpha value is -2.15. The quantitative estimate of drug-likeness (QED) is 0.632. The van der Waals surface area contributed by atoms with Crippen LogP contribution >= 0.6 is 0 Å². The Morgan fingerprint density at radius 2 is 2.30 bits per heavy atom. The summed E-state index contributed by atoms with van der Waals surface area (Å²) in [4.78, 5) is 24.1.